The van der Waals surface area contributed by atoms with Crippen LogP contribution in [0.5, 0.6) is 0 Å². The lowest BCUT2D eigenvalue weighted by atomic mass is 10.2. The smallest absolute Gasteiger partial charge is 0.356 e. The summed E-state index contributed by atoms with van der Waals surface area (Å²) >= 11 is 0. The van der Waals surface area contributed by atoms with Crippen LogP contribution < -0.4 is 5.32 Å². The van der Waals surface area contributed by atoms with Gasteiger partial charge in [-0.3, -0.25) is 4.68 Å². The number of hydrogen-bond donors (Lipinski definition) is 2. The first-order valence-corrected chi connectivity index (χ1v) is 5.67. The lowest BCUT2D eigenvalue weighted by Crippen LogP contribution is -2.15. The molecule has 0 bridgehead atoms. The van der Waals surface area contributed by atoms with E-state index < -0.39 is 5.97 Å². The molecule has 18 heavy (non-hydrogen) atoms. The number of rotatable bonds is 5. The second-order valence-electron chi connectivity index (χ2n) is 4.04. The molecule has 0 aliphatic rings. The van der Waals surface area contributed by atoms with Crippen molar-refractivity contribution >= 4 is 5.97 Å². The minimum absolute atomic E-state index is 0.0778. The summed E-state index contributed by atoms with van der Waals surface area (Å²) in [4.78, 5) is 10.8. The Morgan fingerprint density at radius 3 is 2.67 bits per heavy atom. The van der Waals surface area contributed by atoms with Gasteiger partial charge in [0.05, 0.1) is 5.69 Å². The number of aromatic nitrogens is 2. The van der Waals surface area contributed by atoms with Crippen molar-refractivity contribution in [1.82, 2.24) is 15.1 Å². The number of carboxylic acid groups (broad SMARTS) is 1. The van der Waals surface area contributed by atoms with Gasteiger partial charge in [-0.05, 0) is 11.6 Å². The van der Waals surface area contributed by atoms with E-state index in [1.807, 2.05) is 30.3 Å². The summed E-state index contributed by atoms with van der Waals surface area (Å²) in [5, 5.41) is 16.0. The van der Waals surface area contributed by atoms with Crippen LogP contribution in [-0.2, 0) is 20.1 Å². The zero-order valence-electron chi connectivity index (χ0n) is 10.1. The Balaban J connectivity index is 1.92. The van der Waals surface area contributed by atoms with Gasteiger partial charge in [0, 0.05) is 20.1 Å². The van der Waals surface area contributed by atoms with Crippen molar-refractivity contribution in [3.05, 3.63) is 53.3 Å². The normalized spacial score (nSPS) is 10.5. The van der Waals surface area contributed by atoms with E-state index in [4.69, 9.17) is 5.11 Å². The minimum atomic E-state index is -1.00. The lowest BCUT2D eigenvalue weighted by molar-refractivity contribution is 0.0689. The van der Waals surface area contributed by atoms with Crippen LogP contribution in [0.1, 0.15) is 21.7 Å². The van der Waals surface area contributed by atoms with Gasteiger partial charge in [0.25, 0.3) is 0 Å². The molecule has 0 saturated carbocycles. The van der Waals surface area contributed by atoms with Gasteiger partial charge < -0.3 is 10.4 Å². The molecule has 0 radical (unpaired) electrons. The second-order valence-corrected chi connectivity index (χ2v) is 4.04. The highest BCUT2D eigenvalue weighted by Crippen LogP contribution is 2.04. The number of hydrogen-bond acceptors (Lipinski definition) is 3. The summed E-state index contributed by atoms with van der Waals surface area (Å²) in [6, 6.07) is 11.6. The molecule has 0 aliphatic carbocycles. The maximum atomic E-state index is 10.8. The Labute approximate surface area is 105 Å². The van der Waals surface area contributed by atoms with E-state index in [1.54, 1.807) is 17.8 Å². The van der Waals surface area contributed by atoms with E-state index in [-0.39, 0.29) is 5.69 Å². The summed E-state index contributed by atoms with van der Waals surface area (Å²) in [6.07, 6.45) is 0. The largest absolute Gasteiger partial charge is 0.476 e. The zero-order chi connectivity index (χ0) is 13.0. The summed E-state index contributed by atoms with van der Waals surface area (Å²) in [7, 11) is 1.74. The lowest BCUT2D eigenvalue weighted by Gasteiger charge is -2.04. The number of aromatic carboxylic acids is 1. The fourth-order valence-electron chi connectivity index (χ4n) is 1.71. The van der Waals surface area contributed by atoms with Crippen molar-refractivity contribution in [2.45, 2.75) is 13.1 Å². The second kappa shape index (κ2) is 5.46. The molecule has 2 aromatic rings. The van der Waals surface area contributed by atoms with Crippen molar-refractivity contribution in [3.8, 4) is 0 Å². The van der Waals surface area contributed by atoms with Crippen molar-refractivity contribution in [2.75, 3.05) is 0 Å². The van der Waals surface area contributed by atoms with Gasteiger partial charge >= 0.3 is 5.97 Å². The van der Waals surface area contributed by atoms with Crippen LogP contribution in [-0.4, -0.2) is 20.9 Å². The fraction of sp³-hybridized carbons (Fsp3) is 0.231. The van der Waals surface area contributed by atoms with Crippen LogP contribution in [0, 0.1) is 0 Å². The molecule has 0 fully saturated rings. The summed E-state index contributed by atoms with van der Waals surface area (Å²) in [6.45, 7) is 1.33. The highest BCUT2D eigenvalue weighted by Gasteiger charge is 2.10. The van der Waals surface area contributed by atoms with Crippen LogP contribution in [0.3, 0.4) is 0 Å². The molecule has 0 atom stereocenters. The Kier molecular flexibility index (Phi) is 3.74. The van der Waals surface area contributed by atoms with Gasteiger partial charge in [-0.15, -0.1) is 0 Å². The van der Waals surface area contributed by atoms with Gasteiger partial charge in [0.1, 0.15) is 0 Å². The third-order valence-corrected chi connectivity index (χ3v) is 2.67. The standard InChI is InChI=1S/C13H15N3O2/c1-16-11(7-12(15-16)13(17)18)9-14-8-10-5-3-2-4-6-10/h2-7,14H,8-9H2,1H3,(H,17,18). The fourth-order valence-corrected chi connectivity index (χ4v) is 1.71. The van der Waals surface area contributed by atoms with Crippen LogP contribution >= 0.6 is 0 Å². The first-order valence-electron chi connectivity index (χ1n) is 5.67. The summed E-state index contributed by atoms with van der Waals surface area (Å²) in [5.74, 6) is -1.00. The number of nitrogens with zero attached hydrogens (tertiary/aromatic N) is 2. The van der Waals surface area contributed by atoms with Crippen molar-refractivity contribution in [1.29, 1.82) is 0 Å². The van der Waals surface area contributed by atoms with E-state index in [2.05, 4.69) is 10.4 Å². The van der Waals surface area contributed by atoms with E-state index in [1.165, 1.54) is 5.56 Å². The van der Waals surface area contributed by atoms with Gasteiger partial charge in [-0.2, -0.15) is 5.10 Å². The van der Waals surface area contributed by atoms with E-state index in [9.17, 15) is 4.79 Å². The molecule has 1 heterocycles. The third kappa shape index (κ3) is 2.95. The maximum Gasteiger partial charge on any atom is 0.356 e. The molecule has 2 N–H and O–H groups in total. The molecular weight excluding hydrogens is 230 g/mol. The molecular formula is C13H15N3O2. The molecule has 0 saturated heterocycles. The van der Waals surface area contributed by atoms with E-state index in [0.717, 1.165) is 12.2 Å². The minimum Gasteiger partial charge on any atom is -0.476 e. The van der Waals surface area contributed by atoms with Gasteiger partial charge in [-0.25, -0.2) is 4.79 Å². The quantitative estimate of drug-likeness (QED) is 0.835. The van der Waals surface area contributed by atoms with Crippen molar-refractivity contribution in [2.24, 2.45) is 7.05 Å². The van der Waals surface area contributed by atoms with E-state index in [0.29, 0.717) is 6.54 Å². The van der Waals surface area contributed by atoms with Gasteiger partial charge in [0.2, 0.25) is 0 Å². The van der Waals surface area contributed by atoms with Crippen molar-refractivity contribution in [3.63, 3.8) is 0 Å². The predicted octanol–water partition coefficient (Wildman–Crippen LogP) is 1.41. The monoisotopic (exact) mass is 245 g/mol. The van der Waals surface area contributed by atoms with Crippen LogP contribution in [0.25, 0.3) is 0 Å². The van der Waals surface area contributed by atoms with Gasteiger partial charge in [0.15, 0.2) is 5.69 Å². The average Bonchev–Trinajstić information content (AvgIpc) is 2.73. The summed E-state index contributed by atoms with van der Waals surface area (Å²) < 4.78 is 1.58. The molecule has 94 valence electrons. The highest BCUT2D eigenvalue weighted by molar-refractivity contribution is 5.85. The number of carboxylic acids is 1. The number of nitrogens with one attached hydrogen (secondary N) is 1. The Morgan fingerprint density at radius 2 is 2.06 bits per heavy atom. The maximum absolute atomic E-state index is 10.8. The first-order chi connectivity index (χ1) is 8.66. The highest BCUT2D eigenvalue weighted by atomic mass is 16.4. The molecule has 1 aromatic heterocycles. The van der Waals surface area contributed by atoms with E-state index >= 15 is 0 Å². The van der Waals surface area contributed by atoms with Crippen LogP contribution in [0.2, 0.25) is 0 Å². The molecule has 0 amide bonds. The topological polar surface area (TPSA) is 67.2 Å². The van der Waals surface area contributed by atoms with Crippen LogP contribution in [0.4, 0.5) is 0 Å². The zero-order valence-corrected chi connectivity index (χ0v) is 10.1. The Morgan fingerprint density at radius 1 is 1.33 bits per heavy atom. The molecule has 0 spiro atoms. The molecule has 5 nitrogen and oxygen atoms in total. The van der Waals surface area contributed by atoms with Crippen LogP contribution in [0.15, 0.2) is 36.4 Å². The number of benzene rings is 1. The van der Waals surface area contributed by atoms with Gasteiger partial charge in [-0.1, -0.05) is 30.3 Å². The summed E-state index contributed by atoms with van der Waals surface area (Å²) in [5.41, 5.74) is 2.12. The SMILES string of the molecule is Cn1nc(C(=O)O)cc1CNCc1ccccc1. The molecule has 5 heteroatoms. The molecule has 2 rings (SSSR count). The Bertz CT molecular complexity index is 534. The van der Waals surface area contributed by atoms with Crippen molar-refractivity contribution < 1.29 is 9.90 Å². The molecule has 0 aliphatic heterocycles. The average molecular weight is 245 g/mol. The molecule has 1 aromatic carbocycles. The number of aryl methyl sites for hydroxylation is 1. The predicted molar refractivity (Wildman–Crippen MR) is 67.2 cm³/mol. The Hall–Kier alpha value is -2.14. The molecule has 0 unspecified atom stereocenters. The third-order valence-electron chi connectivity index (χ3n) is 2.67. The first kappa shape index (κ1) is 12.3. The number of carbonyl (C=O) groups is 1.